The van der Waals surface area contributed by atoms with Gasteiger partial charge in [-0.3, -0.25) is 0 Å². The monoisotopic (exact) mass is 240 g/mol. The fourth-order valence-corrected chi connectivity index (χ4v) is 2.65. The minimum Gasteiger partial charge on any atom is -0.328 e. The third-order valence-corrected chi connectivity index (χ3v) is 3.96. The summed E-state index contributed by atoms with van der Waals surface area (Å²) < 4.78 is 0. The van der Waals surface area contributed by atoms with Crippen molar-refractivity contribution < 1.29 is 0 Å². The zero-order valence-electron chi connectivity index (χ0n) is 11.8. The van der Waals surface area contributed by atoms with E-state index in [1.807, 2.05) is 0 Å². The minimum atomic E-state index is 0.477. The van der Waals surface area contributed by atoms with Crippen molar-refractivity contribution >= 4 is 0 Å². The van der Waals surface area contributed by atoms with E-state index in [1.54, 1.807) is 0 Å². The summed E-state index contributed by atoms with van der Waals surface area (Å²) in [6.07, 6.45) is 13.8. The Labute approximate surface area is 108 Å². The molecule has 2 N–H and O–H groups in total. The van der Waals surface area contributed by atoms with Gasteiger partial charge in [0.2, 0.25) is 0 Å². The van der Waals surface area contributed by atoms with Crippen LogP contribution in [0.2, 0.25) is 0 Å². The molecule has 1 aliphatic heterocycles. The summed E-state index contributed by atoms with van der Waals surface area (Å²) in [6.45, 7) is 6.06. The molecule has 17 heavy (non-hydrogen) atoms. The van der Waals surface area contributed by atoms with Gasteiger partial charge in [-0.05, 0) is 38.9 Å². The number of nitrogens with two attached hydrogens (primary N) is 1. The molecular weight excluding hydrogens is 208 g/mol. The third-order valence-electron chi connectivity index (χ3n) is 3.96. The SMILES string of the molecule is CCCCCCCCCCN1CCC(N)CC1. The second-order valence-electron chi connectivity index (χ2n) is 5.65. The zero-order chi connectivity index (χ0) is 12.3. The summed E-state index contributed by atoms with van der Waals surface area (Å²) in [7, 11) is 0. The molecule has 0 aromatic rings. The normalized spacial score (nSPS) is 18.7. The fraction of sp³-hybridized carbons (Fsp3) is 1.00. The smallest absolute Gasteiger partial charge is 0.00631 e. The van der Waals surface area contributed by atoms with E-state index in [-0.39, 0.29) is 0 Å². The Morgan fingerprint density at radius 2 is 1.41 bits per heavy atom. The Hall–Kier alpha value is -0.0800. The number of unbranched alkanes of at least 4 members (excludes halogenated alkanes) is 7. The van der Waals surface area contributed by atoms with Crippen LogP contribution in [-0.4, -0.2) is 30.6 Å². The van der Waals surface area contributed by atoms with Crippen LogP contribution >= 0.6 is 0 Å². The minimum absolute atomic E-state index is 0.477. The van der Waals surface area contributed by atoms with Gasteiger partial charge in [0.25, 0.3) is 0 Å². The van der Waals surface area contributed by atoms with Gasteiger partial charge in [0.15, 0.2) is 0 Å². The van der Waals surface area contributed by atoms with E-state index in [0.717, 1.165) is 0 Å². The van der Waals surface area contributed by atoms with Gasteiger partial charge in [-0.25, -0.2) is 0 Å². The summed E-state index contributed by atoms with van der Waals surface area (Å²) in [5.41, 5.74) is 5.90. The van der Waals surface area contributed by atoms with Crippen LogP contribution in [0.4, 0.5) is 0 Å². The van der Waals surface area contributed by atoms with E-state index in [0.29, 0.717) is 6.04 Å². The number of nitrogens with zero attached hydrogens (tertiary/aromatic N) is 1. The van der Waals surface area contributed by atoms with E-state index in [1.165, 1.54) is 83.8 Å². The molecule has 2 heteroatoms. The van der Waals surface area contributed by atoms with Gasteiger partial charge >= 0.3 is 0 Å². The quantitative estimate of drug-likeness (QED) is 0.625. The molecule has 2 nitrogen and oxygen atoms in total. The Bertz CT molecular complexity index is 162. The molecule has 0 atom stereocenters. The first-order valence-electron chi connectivity index (χ1n) is 7.81. The van der Waals surface area contributed by atoms with E-state index >= 15 is 0 Å². The standard InChI is InChI=1S/C15H32N2/c1-2-3-4-5-6-7-8-9-12-17-13-10-15(16)11-14-17/h15H,2-14,16H2,1H3. The van der Waals surface area contributed by atoms with Crippen LogP contribution < -0.4 is 5.73 Å². The lowest BCUT2D eigenvalue weighted by Gasteiger charge is -2.29. The summed E-state index contributed by atoms with van der Waals surface area (Å²) >= 11 is 0. The first kappa shape index (κ1) is 15.0. The van der Waals surface area contributed by atoms with Crippen LogP contribution in [0.15, 0.2) is 0 Å². The molecule has 1 fully saturated rings. The van der Waals surface area contributed by atoms with E-state index in [2.05, 4.69) is 11.8 Å². The average Bonchev–Trinajstić information content (AvgIpc) is 2.35. The highest BCUT2D eigenvalue weighted by Crippen LogP contribution is 2.11. The lowest BCUT2D eigenvalue weighted by molar-refractivity contribution is 0.209. The summed E-state index contributed by atoms with van der Waals surface area (Å²) in [4.78, 5) is 2.60. The van der Waals surface area contributed by atoms with Gasteiger partial charge in [0.1, 0.15) is 0 Å². The maximum Gasteiger partial charge on any atom is 0.00631 e. The van der Waals surface area contributed by atoms with Crippen molar-refractivity contribution in [1.82, 2.24) is 4.90 Å². The molecule has 1 saturated heterocycles. The molecule has 0 bridgehead atoms. The summed E-state index contributed by atoms with van der Waals surface area (Å²) in [5.74, 6) is 0. The fourth-order valence-electron chi connectivity index (χ4n) is 2.65. The second-order valence-corrected chi connectivity index (χ2v) is 5.65. The molecule has 0 amide bonds. The van der Waals surface area contributed by atoms with E-state index < -0.39 is 0 Å². The predicted octanol–water partition coefficient (Wildman–Crippen LogP) is 3.55. The molecule has 0 aromatic carbocycles. The second kappa shape index (κ2) is 9.90. The van der Waals surface area contributed by atoms with Crippen molar-refractivity contribution in [1.29, 1.82) is 0 Å². The van der Waals surface area contributed by atoms with E-state index in [9.17, 15) is 0 Å². The lowest BCUT2D eigenvalue weighted by atomic mass is 10.0. The van der Waals surface area contributed by atoms with Gasteiger partial charge < -0.3 is 10.6 Å². The topological polar surface area (TPSA) is 29.3 Å². The van der Waals surface area contributed by atoms with Gasteiger partial charge in [0.05, 0.1) is 0 Å². The molecule has 0 unspecified atom stereocenters. The highest BCUT2D eigenvalue weighted by atomic mass is 15.1. The maximum absolute atomic E-state index is 5.90. The molecule has 0 aromatic heterocycles. The zero-order valence-corrected chi connectivity index (χ0v) is 11.8. The number of hydrogen-bond donors (Lipinski definition) is 1. The van der Waals surface area contributed by atoms with Crippen LogP contribution in [0, 0.1) is 0 Å². The van der Waals surface area contributed by atoms with Crippen LogP contribution in [-0.2, 0) is 0 Å². The summed E-state index contributed by atoms with van der Waals surface area (Å²) in [5, 5.41) is 0. The Morgan fingerprint density at radius 3 is 2.00 bits per heavy atom. The average molecular weight is 240 g/mol. The Morgan fingerprint density at radius 1 is 0.882 bits per heavy atom. The van der Waals surface area contributed by atoms with Gasteiger partial charge in [-0.15, -0.1) is 0 Å². The van der Waals surface area contributed by atoms with E-state index in [4.69, 9.17) is 5.73 Å². The molecular formula is C15H32N2. The molecule has 1 heterocycles. The molecule has 1 rings (SSSR count). The molecule has 0 aliphatic carbocycles. The Kier molecular flexibility index (Phi) is 8.72. The summed E-state index contributed by atoms with van der Waals surface area (Å²) in [6, 6.07) is 0.477. The Balaban J connectivity index is 1.81. The third kappa shape index (κ3) is 7.77. The molecule has 0 radical (unpaired) electrons. The number of piperidine rings is 1. The van der Waals surface area contributed by atoms with Crippen molar-refractivity contribution in [2.24, 2.45) is 5.73 Å². The van der Waals surface area contributed by atoms with Crippen LogP contribution in [0.3, 0.4) is 0 Å². The molecule has 0 saturated carbocycles. The van der Waals surface area contributed by atoms with Crippen LogP contribution in [0.1, 0.15) is 71.1 Å². The highest BCUT2D eigenvalue weighted by Gasteiger charge is 2.14. The number of hydrogen-bond acceptors (Lipinski definition) is 2. The number of rotatable bonds is 9. The van der Waals surface area contributed by atoms with Gasteiger partial charge in [-0.2, -0.15) is 0 Å². The largest absolute Gasteiger partial charge is 0.328 e. The van der Waals surface area contributed by atoms with Gasteiger partial charge in [-0.1, -0.05) is 51.9 Å². The molecule has 102 valence electrons. The molecule has 1 aliphatic rings. The van der Waals surface area contributed by atoms with Crippen molar-refractivity contribution in [2.45, 2.75) is 77.2 Å². The molecule has 0 spiro atoms. The predicted molar refractivity (Wildman–Crippen MR) is 76.3 cm³/mol. The van der Waals surface area contributed by atoms with Crippen LogP contribution in [0.25, 0.3) is 0 Å². The first-order valence-corrected chi connectivity index (χ1v) is 7.81. The lowest BCUT2D eigenvalue weighted by Crippen LogP contribution is -2.39. The first-order chi connectivity index (χ1) is 8.33. The van der Waals surface area contributed by atoms with Crippen molar-refractivity contribution in [3.63, 3.8) is 0 Å². The van der Waals surface area contributed by atoms with Crippen molar-refractivity contribution in [3.05, 3.63) is 0 Å². The highest BCUT2D eigenvalue weighted by molar-refractivity contribution is 4.73. The van der Waals surface area contributed by atoms with Gasteiger partial charge in [0, 0.05) is 6.04 Å². The van der Waals surface area contributed by atoms with Crippen LogP contribution in [0.5, 0.6) is 0 Å². The maximum atomic E-state index is 5.90. The van der Waals surface area contributed by atoms with Crippen molar-refractivity contribution in [2.75, 3.05) is 19.6 Å². The van der Waals surface area contributed by atoms with Crippen molar-refractivity contribution in [3.8, 4) is 0 Å². The number of likely N-dealkylation sites (tertiary alicyclic amines) is 1.